The summed E-state index contributed by atoms with van der Waals surface area (Å²) in [5.41, 5.74) is 0.300. The Morgan fingerprint density at radius 2 is 1.70 bits per heavy atom. The van der Waals surface area contributed by atoms with Gasteiger partial charge >= 0.3 is 12.1 Å². The number of nitrogens with zero attached hydrogens (tertiary/aromatic N) is 1. The van der Waals surface area contributed by atoms with Gasteiger partial charge in [-0.15, -0.1) is 0 Å². The average molecular weight is 464 g/mol. The van der Waals surface area contributed by atoms with Crippen LogP contribution in [0.4, 0.5) is 13.2 Å². The zero-order valence-electron chi connectivity index (χ0n) is 17.5. The van der Waals surface area contributed by atoms with Crippen LogP contribution in [0.15, 0.2) is 54.6 Å². The van der Waals surface area contributed by atoms with Crippen molar-refractivity contribution in [2.75, 3.05) is 0 Å². The molecule has 33 heavy (non-hydrogen) atoms. The van der Waals surface area contributed by atoms with Gasteiger partial charge in [0.2, 0.25) is 11.8 Å². The van der Waals surface area contributed by atoms with E-state index in [0.717, 1.165) is 12.1 Å². The van der Waals surface area contributed by atoms with Crippen molar-refractivity contribution in [3.8, 4) is 0 Å². The van der Waals surface area contributed by atoms with Crippen molar-refractivity contribution < 1.29 is 37.8 Å². The van der Waals surface area contributed by atoms with Gasteiger partial charge in [-0.2, -0.15) is 13.2 Å². The standard InChI is InChI=1S/C23H23F3N2O5/c24-23(25,26)16-8-6-15(7-9-16)13-28-18(10-11-19(28)29)21(31)27-17(20(30)22(32)33)12-14-4-2-1-3-5-14/h1-9,17-18,20,30H,10-13H2,(H,27,31)(H,32,33). The highest BCUT2D eigenvalue weighted by molar-refractivity contribution is 5.91. The maximum absolute atomic E-state index is 12.9. The topological polar surface area (TPSA) is 107 Å². The molecular formula is C23H23F3N2O5. The van der Waals surface area contributed by atoms with Crippen molar-refractivity contribution in [1.82, 2.24) is 10.2 Å². The predicted molar refractivity (Wildman–Crippen MR) is 111 cm³/mol. The van der Waals surface area contributed by atoms with Crippen LogP contribution in [-0.4, -0.2) is 51.1 Å². The van der Waals surface area contributed by atoms with Crippen LogP contribution in [0.3, 0.4) is 0 Å². The van der Waals surface area contributed by atoms with E-state index >= 15 is 0 Å². The molecule has 2 aromatic rings. The SMILES string of the molecule is O=C(O)C(O)C(Cc1ccccc1)NC(=O)C1CCC(=O)N1Cc1ccc(C(F)(F)F)cc1. The van der Waals surface area contributed by atoms with Crippen molar-refractivity contribution in [2.24, 2.45) is 0 Å². The number of aliphatic hydroxyl groups is 1. The fourth-order valence-electron chi connectivity index (χ4n) is 3.76. The second-order valence-electron chi connectivity index (χ2n) is 7.86. The zero-order chi connectivity index (χ0) is 24.2. The molecule has 0 aliphatic carbocycles. The number of alkyl halides is 3. The second kappa shape index (κ2) is 10.0. The van der Waals surface area contributed by atoms with Crippen LogP contribution in [0.2, 0.25) is 0 Å². The first kappa shape index (κ1) is 24.2. The van der Waals surface area contributed by atoms with Crippen LogP contribution in [0.25, 0.3) is 0 Å². The van der Waals surface area contributed by atoms with Gasteiger partial charge in [0.25, 0.3) is 0 Å². The molecule has 1 heterocycles. The van der Waals surface area contributed by atoms with Gasteiger partial charge in [0.15, 0.2) is 6.10 Å². The van der Waals surface area contributed by atoms with E-state index in [1.165, 1.54) is 17.0 Å². The summed E-state index contributed by atoms with van der Waals surface area (Å²) in [6.45, 7) is -0.0696. The molecule has 2 aromatic carbocycles. The number of halogens is 3. The molecule has 0 spiro atoms. The molecule has 2 amide bonds. The van der Waals surface area contributed by atoms with Gasteiger partial charge < -0.3 is 20.4 Å². The minimum absolute atomic E-state index is 0.0552. The number of hydrogen-bond donors (Lipinski definition) is 3. The normalized spacial score (nSPS) is 18.1. The van der Waals surface area contributed by atoms with Crippen LogP contribution in [-0.2, 0) is 33.5 Å². The van der Waals surface area contributed by atoms with Gasteiger partial charge in [-0.05, 0) is 36.1 Å². The molecule has 3 rings (SSSR count). The van der Waals surface area contributed by atoms with E-state index in [0.29, 0.717) is 11.1 Å². The van der Waals surface area contributed by atoms with E-state index in [4.69, 9.17) is 0 Å². The van der Waals surface area contributed by atoms with Gasteiger partial charge in [-0.1, -0.05) is 42.5 Å². The van der Waals surface area contributed by atoms with Crippen LogP contribution < -0.4 is 5.32 Å². The highest BCUT2D eigenvalue weighted by Gasteiger charge is 2.38. The molecule has 10 heteroatoms. The van der Waals surface area contributed by atoms with Gasteiger partial charge in [0.1, 0.15) is 6.04 Å². The van der Waals surface area contributed by atoms with Gasteiger partial charge in [0.05, 0.1) is 11.6 Å². The molecule has 3 N–H and O–H groups in total. The number of carbonyl (C=O) groups excluding carboxylic acids is 2. The molecule has 3 unspecified atom stereocenters. The number of amides is 2. The second-order valence-corrected chi connectivity index (χ2v) is 7.86. The summed E-state index contributed by atoms with van der Waals surface area (Å²) in [5, 5.41) is 21.9. The molecule has 176 valence electrons. The third-order valence-electron chi connectivity index (χ3n) is 5.53. The maximum Gasteiger partial charge on any atom is 0.416 e. The fraction of sp³-hybridized carbons (Fsp3) is 0.348. The first-order valence-electron chi connectivity index (χ1n) is 10.3. The van der Waals surface area contributed by atoms with Gasteiger partial charge in [-0.25, -0.2) is 4.79 Å². The Hall–Kier alpha value is -3.40. The van der Waals surface area contributed by atoms with Crippen molar-refractivity contribution in [2.45, 2.75) is 50.2 Å². The third-order valence-corrected chi connectivity index (χ3v) is 5.53. The number of carboxylic acids is 1. The molecule has 7 nitrogen and oxygen atoms in total. The molecule has 0 bridgehead atoms. The minimum Gasteiger partial charge on any atom is -0.479 e. The molecule has 1 fully saturated rings. The highest BCUT2D eigenvalue weighted by atomic mass is 19.4. The van der Waals surface area contributed by atoms with Crippen LogP contribution >= 0.6 is 0 Å². The molecule has 1 aliphatic rings. The fourth-order valence-corrected chi connectivity index (χ4v) is 3.76. The third kappa shape index (κ3) is 6.10. The molecule has 0 saturated carbocycles. The molecule has 3 atom stereocenters. The zero-order valence-corrected chi connectivity index (χ0v) is 17.5. The summed E-state index contributed by atoms with van der Waals surface area (Å²) < 4.78 is 38.3. The van der Waals surface area contributed by atoms with E-state index < -0.39 is 41.8 Å². The molecule has 0 aromatic heterocycles. The highest BCUT2D eigenvalue weighted by Crippen LogP contribution is 2.30. The summed E-state index contributed by atoms with van der Waals surface area (Å²) >= 11 is 0. The maximum atomic E-state index is 12.9. The lowest BCUT2D eigenvalue weighted by atomic mass is 10.0. The van der Waals surface area contributed by atoms with E-state index in [9.17, 15) is 37.8 Å². The van der Waals surface area contributed by atoms with Crippen LogP contribution in [0.1, 0.15) is 29.5 Å². The number of aliphatic carboxylic acids is 1. The van der Waals surface area contributed by atoms with Crippen molar-refractivity contribution in [3.05, 3.63) is 71.3 Å². The van der Waals surface area contributed by atoms with Gasteiger partial charge in [-0.3, -0.25) is 9.59 Å². The summed E-state index contributed by atoms with van der Waals surface area (Å²) in [4.78, 5) is 37.9. The summed E-state index contributed by atoms with van der Waals surface area (Å²) in [6, 6.07) is 10.9. The van der Waals surface area contributed by atoms with Crippen molar-refractivity contribution in [3.63, 3.8) is 0 Å². The molecule has 0 radical (unpaired) electrons. The van der Waals surface area contributed by atoms with Crippen LogP contribution in [0.5, 0.6) is 0 Å². The summed E-state index contributed by atoms with van der Waals surface area (Å²) in [5.74, 6) is -2.47. The van der Waals surface area contributed by atoms with Crippen LogP contribution in [0, 0.1) is 0 Å². The number of rotatable bonds is 8. The van der Waals surface area contributed by atoms with Gasteiger partial charge in [0, 0.05) is 13.0 Å². The Kier molecular flexibility index (Phi) is 7.37. The Morgan fingerprint density at radius 1 is 1.06 bits per heavy atom. The largest absolute Gasteiger partial charge is 0.479 e. The van der Waals surface area contributed by atoms with E-state index in [1.54, 1.807) is 30.3 Å². The Morgan fingerprint density at radius 3 is 2.27 bits per heavy atom. The molecular weight excluding hydrogens is 441 g/mol. The molecule has 1 saturated heterocycles. The average Bonchev–Trinajstić information content (AvgIpc) is 3.13. The first-order valence-corrected chi connectivity index (χ1v) is 10.3. The summed E-state index contributed by atoms with van der Waals surface area (Å²) in [6.07, 6.45) is -6.05. The Balaban J connectivity index is 1.73. The number of carbonyl (C=O) groups is 3. The number of aliphatic hydroxyl groups excluding tert-OH is 1. The number of nitrogens with one attached hydrogen (secondary N) is 1. The van der Waals surface area contributed by atoms with E-state index in [1.807, 2.05) is 0 Å². The molecule has 1 aliphatic heterocycles. The monoisotopic (exact) mass is 464 g/mol. The lowest BCUT2D eigenvalue weighted by Crippen LogP contribution is -2.53. The minimum atomic E-state index is -4.48. The lowest BCUT2D eigenvalue weighted by molar-refractivity contribution is -0.149. The number of benzene rings is 2. The smallest absolute Gasteiger partial charge is 0.416 e. The number of likely N-dealkylation sites (tertiary alicyclic amines) is 1. The Bertz CT molecular complexity index is 995. The number of hydrogen-bond acceptors (Lipinski definition) is 4. The first-order chi connectivity index (χ1) is 15.6. The lowest BCUT2D eigenvalue weighted by Gasteiger charge is -2.28. The van der Waals surface area contributed by atoms with Crippen molar-refractivity contribution in [1.29, 1.82) is 0 Å². The summed E-state index contributed by atoms with van der Waals surface area (Å²) in [7, 11) is 0. The van der Waals surface area contributed by atoms with E-state index in [2.05, 4.69) is 5.32 Å². The quantitative estimate of drug-likeness (QED) is 0.556. The predicted octanol–water partition coefficient (Wildman–Crippen LogP) is 2.37. The van der Waals surface area contributed by atoms with E-state index in [-0.39, 0.29) is 31.7 Å². The Labute approximate surface area is 187 Å². The van der Waals surface area contributed by atoms with Crippen molar-refractivity contribution >= 4 is 17.8 Å². The number of carboxylic acid groups (broad SMARTS) is 1.